The van der Waals surface area contributed by atoms with E-state index in [9.17, 15) is 0 Å². The first-order valence-corrected chi connectivity index (χ1v) is 14.3. The summed E-state index contributed by atoms with van der Waals surface area (Å²) in [6, 6.07) is 34.8. The predicted octanol–water partition coefficient (Wildman–Crippen LogP) is 9.68. The Hall–Kier alpha value is -4.76. The summed E-state index contributed by atoms with van der Waals surface area (Å²) in [6.45, 7) is 9.41. The highest BCUT2D eigenvalue weighted by Gasteiger charge is 2.41. The fourth-order valence-electron chi connectivity index (χ4n) is 7.51. The zero-order valence-electron chi connectivity index (χ0n) is 23.5. The van der Waals surface area contributed by atoms with Crippen molar-refractivity contribution in [3.8, 4) is 56.4 Å². The third-order valence-corrected chi connectivity index (χ3v) is 9.68. The summed E-state index contributed by atoms with van der Waals surface area (Å²) >= 11 is 0. The van der Waals surface area contributed by atoms with E-state index in [1.165, 1.54) is 44.5 Å². The molecule has 0 saturated heterocycles. The second-order valence-electron chi connectivity index (χ2n) is 12.6. The average Bonchev–Trinajstić information content (AvgIpc) is 3.35. The lowest BCUT2D eigenvalue weighted by Crippen LogP contribution is -2.16. The van der Waals surface area contributed by atoms with Gasteiger partial charge in [-0.05, 0) is 87.0 Å². The number of ether oxygens (including phenoxy) is 1. The first kappa shape index (κ1) is 23.0. The van der Waals surface area contributed by atoms with Gasteiger partial charge in [0, 0.05) is 22.0 Å². The maximum Gasteiger partial charge on any atom is 0.160 e. The molecule has 2 heterocycles. The zero-order valence-corrected chi connectivity index (χ0v) is 23.5. The molecule has 41 heavy (non-hydrogen) atoms. The molecule has 0 bridgehead atoms. The van der Waals surface area contributed by atoms with E-state index in [0.29, 0.717) is 0 Å². The molecule has 0 amide bonds. The Morgan fingerprint density at radius 3 is 1.95 bits per heavy atom. The van der Waals surface area contributed by atoms with E-state index < -0.39 is 0 Å². The van der Waals surface area contributed by atoms with Gasteiger partial charge in [-0.25, -0.2) is 9.97 Å². The molecule has 0 fully saturated rings. The molecule has 3 heteroatoms. The van der Waals surface area contributed by atoms with Gasteiger partial charge in [0.05, 0.1) is 16.6 Å². The first-order chi connectivity index (χ1) is 19.8. The van der Waals surface area contributed by atoms with Crippen LogP contribution in [-0.2, 0) is 10.8 Å². The summed E-state index contributed by atoms with van der Waals surface area (Å²) in [5.41, 5.74) is 14.6. The Morgan fingerprint density at radius 1 is 0.512 bits per heavy atom. The van der Waals surface area contributed by atoms with E-state index in [-0.39, 0.29) is 10.8 Å². The molecule has 0 unspecified atom stereocenters. The number of nitrogens with zero attached hydrogens (tertiary/aromatic N) is 2. The van der Waals surface area contributed by atoms with Crippen LogP contribution in [0.15, 0.2) is 97.1 Å². The summed E-state index contributed by atoms with van der Waals surface area (Å²) in [5, 5.41) is 0.972. The van der Waals surface area contributed by atoms with Gasteiger partial charge in [0.1, 0.15) is 11.5 Å². The maximum atomic E-state index is 6.21. The Kier molecular flexibility index (Phi) is 4.20. The van der Waals surface area contributed by atoms with Crippen LogP contribution in [0.3, 0.4) is 0 Å². The van der Waals surface area contributed by atoms with Gasteiger partial charge in [-0.15, -0.1) is 0 Å². The van der Waals surface area contributed by atoms with Crippen molar-refractivity contribution in [2.45, 2.75) is 38.5 Å². The van der Waals surface area contributed by atoms with Crippen LogP contribution in [-0.4, -0.2) is 9.97 Å². The first-order valence-electron chi connectivity index (χ1n) is 14.3. The second-order valence-corrected chi connectivity index (χ2v) is 12.6. The van der Waals surface area contributed by atoms with Crippen molar-refractivity contribution < 1.29 is 4.74 Å². The third-order valence-electron chi connectivity index (χ3n) is 9.68. The van der Waals surface area contributed by atoms with Crippen molar-refractivity contribution in [2.75, 3.05) is 0 Å². The van der Waals surface area contributed by atoms with E-state index in [4.69, 9.17) is 14.7 Å². The highest BCUT2D eigenvalue weighted by Crippen LogP contribution is 2.56. The maximum absolute atomic E-state index is 6.21. The molecule has 3 aliphatic rings. The standard InChI is InChI=1S/C38H28N2O/c1-37(2)27-12-7-5-10-22(27)25-19-30-26(20-29(25)37)24-18-21(16-17-28(24)38(30,3)4)36-39-31-13-9-15-33-34(31)35(40-36)23-11-6-8-14-32(23)41-33/h5-20H,1-4H3. The van der Waals surface area contributed by atoms with Crippen LogP contribution < -0.4 is 4.74 Å². The monoisotopic (exact) mass is 528 g/mol. The van der Waals surface area contributed by atoms with Gasteiger partial charge in [-0.1, -0.05) is 82.3 Å². The van der Waals surface area contributed by atoms with E-state index in [1.807, 2.05) is 30.3 Å². The van der Waals surface area contributed by atoms with E-state index >= 15 is 0 Å². The molecule has 1 aliphatic heterocycles. The van der Waals surface area contributed by atoms with Gasteiger partial charge < -0.3 is 4.74 Å². The number of benzene rings is 5. The average molecular weight is 529 g/mol. The van der Waals surface area contributed by atoms with Gasteiger partial charge in [-0.3, -0.25) is 0 Å². The molecular weight excluding hydrogens is 500 g/mol. The third kappa shape index (κ3) is 2.88. The lowest BCUT2D eigenvalue weighted by molar-refractivity contribution is 0.486. The summed E-state index contributed by atoms with van der Waals surface area (Å²) in [6.07, 6.45) is 0. The number of aromatic nitrogens is 2. The number of hydrogen-bond acceptors (Lipinski definition) is 3. The minimum absolute atomic E-state index is 0.0389. The van der Waals surface area contributed by atoms with Crippen LogP contribution in [0.1, 0.15) is 49.9 Å². The van der Waals surface area contributed by atoms with Crippen molar-refractivity contribution in [3.63, 3.8) is 0 Å². The minimum atomic E-state index is -0.0959. The van der Waals surface area contributed by atoms with Crippen LogP contribution in [0.5, 0.6) is 11.5 Å². The van der Waals surface area contributed by atoms with Crippen LogP contribution >= 0.6 is 0 Å². The Labute approximate surface area is 239 Å². The molecule has 2 aliphatic carbocycles. The van der Waals surface area contributed by atoms with Crippen LogP contribution in [0.4, 0.5) is 0 Å². The summed E-state index contributed by atoms with van der Waals surface area (Å²) in [5.74, 6) is 2.38. The largest absolute Gasteiger partial charge is 0.456 e. The summed E-state index contributed by atoms with van der Waals surface area (Å²) in [4.78, 5) is 10.2. The van der Waals surface area contributed by atoms with Gasteiger partial charge in [0.25, 0.3) is 0 Å². The molecule has 0 N–H and O–H groups in total. The fourth-order valence-corrected chi connectivity index (χ4v) is 7.51. The predicted molar refractivity (Wildman–Crippen MR) is 166 cm³/mol. The molecule has 1 aromatic heterocycles. The number of para-hydroxylation sites is 1. The second kappa shape index (κ2) is 7.50. The Bertz CT molecular complexity index is 2140. The number of fused-ring (bicyclic) bond motifs is 8. The van der Waals surface area contributed by atoms with Gasteiger partial charge in [0.15, 0.2) is 5.82 Å². The molecule has 9 rings (SSSR count). The van der Waals surface area contributed by atoms with Crippen LogP contribution in [0, 0.1) is 0 Å². The lowest BCUT2D eigenvalue weighted by atomic mass is 9.79. The highest BCUT2D eigenvalue weighted by molar-refractivity contribution is 6.01. The quantitative estimate of drug-likeness (QED) is 0.213. The Balaban J connectivity index is 1.26. The molecular formula is C38H28N2O. The molecule has 196 valence electrons. The highest BCUT2D eigenvalue weighted by atomic mass is 16.5. The molecule has 0 atom stereocenters. The number of rotatable bonds is 1. The van der Waals surface area contributed by atoms with Crippen molar-refractivity contribution in [1.29, 1.82) is 0 Å². The summed E-state index contributed by atoms with van der Waals surface area (Å²) in [7, 11) is 0. The van der Waals surface area contributed by atoms with E-state index in [2.05, 4.69) is 94.4 Å². The van der Waals surface area contributed by atoms with Crippen LogP contribution in [0.25, 0.3) is 55.8 Å². The molecule has 6 aromatic rings. The molecule has 3 nitrogen and oxygen atoms in total. The molecule has 5 aromatic carbocycles. The normalized spacial score (nSPS) is 15.9. The van der Waals surface area contributed by atoms with Crippen molar-refractivity contribution in [1.82, 2.24) is 9.97 Å². The smallest absolute Gasteiger partial charge is 0.160 e. The van der Waals surface area contributed by atoms with Gasteiger partial charge >= 0.3 is 0 Å². The van der Waals surface area contributed by atoms with Crippen LogP contribution in [0.2, 0.25) is 0 Å². The van der Waals surface area contributed by atoms with Gasteiger partial charge in [0.2, 0.25) is 0 Å². The minimum Gasteiger partial charge on any atom is -0.456 e. The molecule has 0 radical (unpaired) electrons. The zero-order chi connectivity index (χ0) is 27.7. The van der Waals surface area contributed by atoms with Crippen molar-refractivity contribution >= 4 is 10.9 Å². The van der Waals surface area contributed by atoms with Crippen molar-refractivity contribution in [2.24, 2.45) is 0 Å². The number of hydrogen-bond donors (Lipinski definition) is 0. The topological polar surface area (TPSA) is 35.0 Å². The van der Waals surface area contributed by atoms with E-state index in [1.54, 1.807) is 0 Å². The van der Waals surface area contributed by atoms with Crippen molar-refractivity contribution in [3.05, 3.63) is 119 Å². The fraction of sp³-hybridized carbons (Fsp3) is 0.158. The lowest BCUT2D eigenvalue weighted by Gasteiger charge is -2.24. The molecule has 0 spiro atoms. The summed E-state index contributed by atoms with van der Waals surface area (Å²) < 4.78 is 6.21. The molecule has 0 saturated carbocycles. The van der Waals surface area contributed by atoms with E-state index in [0.717, 1.165) is 45.0 Å². The SMILES string of the molecule is CC1(C)c2ccccc2-c2cc3c(cc21)-c1cc(-c2nc4c5c(cccc5n2)Oc2ccccc2-4)ccc1C3(C)C. The van der Waals surface area contributed by atoms with Gasteiger partial charge in [-0.2, -0.15) is 0 Å². The Morgan fingerprint density at radius 2 is 1.15 bits per heavy atom.